The van der Waals surface area contributed by atoms with Gasteiger partial charge in [0.05, 0.1) is 12.5 Å². The molecule has 0 bridgehead atoms. The largest absolute Gasteiger partial charge is 0.481 e. The van der Waals surface area contributed by atoms with Crippen molar-refractivity contribution in [2.45, 2.75) is 52.1 Å². The minimum atomic E-state index is -0.906. The predicted molar refractivity (Wildman–Crippen MR) is 61.9 cm³/mol. The second-order valence-corrected chi connectivity index (χ2v) is 4.36. The maximum absolute atomic E-state index is 11.6. The number of carboxylic acids is 1. The summed E-state index contributed by atoms with van der Waals surface area (Å²) in [5.74, 6) is -1.13. The average molecular weight is 230 g/mol. The molecular weight excluding hydrogens is 208 g/mol. The van der Waals surface area contributed by atoms with Gasteiger partial charge in [-0.15, -0.1) is 0 Å². The van der Waals surface area contributed by atoms with Crippen LogP contribution in [-0.2, 0) is 9.59 Å². The molecule has 0 saturated heterocycles. The molecule has 0 heterocycles. The van der Waals surface area contributed by atoms with Crippen molar-refractivity contribution in [2.75, 3.05) is 0 Å². The highest BCUT2D eigenvalue weighted by atomic mass is 16.4. The molecule has 0 spiro atoms. The molecule has 0 aromatic carbocycles. The zero-order valence-electron chi connectivity index (χ0n) is 10.2. The summed E-state index contributed by atoms with van der Waals surface area (Å²) < 4.78 is 0. The number of nitrogens with two attached hydrogens (primary N) is 1. The standard InChI is InChI=1S/C11H22N2O3/c1-4-5-8(6-9(14)15)13-11(16)10(12)7(2)3/h7-8,10H,4-6,12H2,1-3H3,(H,13,16)(H,14,15)/t8?,10-/m0/s1. The van der Waals surface area contributed by atoms with Crippen LogP contribution in [0.5, 0.6) is 0 Å². The van der Waals surface area contributed by atoms with E-state index in [0.717, 1.165) is 6.42 Å². The first kappa shape index (κ1) is 14.9. The number of hydrogen-bond donors (Lipinski definition) is 3. The Morgan fingerprint density at radius 3 is 2.31 bits per heavy atom. The van der Waals surface area contributed by atoms with Crippen molar-refractivity contribution in [2.24, 2.45) is 11.7 Å². The maximum Gasteiger partial charge on any atom is 0.305 e. The molecule has 0 aliphatic heterocycles. The lowest BCUT2D eigenvalue weighted by atomic mass is 10.0. The molecule has 0 radical (unpaired) electrons. The molecule has 1 unspecified atom stereocenters. The molecule has 94 valence electrons. The highest BCUT2D eigenvalue weighted by Crippen LogP contribution is 2.04. The zero-order valence-corrected chi connectivity index (χ0v) is 10.2. The number of amides is 1. The van der Waals surface area contributed by atoms with Gasteiger partial charge in [-0.3, -0.25) is 9.59 Å². The second-order valence-electron chi connectivity index (χ2n) is 4.36. The van der Waals surface area contributed by atoms with Gasteiger partial charge < -0.3 is 16.2 Å². The van der Waals surface area contributed by atoms with E-state index in [0.29, 0.717) is 6.42 Å². The summed E-state index contributed by atoms with van der Waals surface area (Å²) in [6.45, 7) is 5.66. The molecule has 0 aliphatic carbocycles. The van der Waals surface area contributed by atoms with Crippen molar-refractivity contribution in [3.8, 4) is 0 Å². The van der Waals surface area contributed by atoms with E-state index in [9.17, 15) is 9.59 Å². The lowest BCUT2D eigenvalue weighted by molar-refractivity contribution is -0.137. The molecule has 4 N–H and O–H groups in total. The third-order valence-corrected chi connectivity index (χ3v) is 2.43. The summed E-state index contributed by atoms with van der Waals surface area (Å²) in [7, 11) is 0. The SMILES string of the molecule is CCCC(CC(=O)O)NC(=O)[C@@H](N)C(C)C. The number of aliphatic carboxylic acids is 1. The van der Waals surface area contributed by atoms with Gasteiger partial charge in [-0.25, -0.2) is 0 Å². The number of carbonyl (C=O) groups is 2. The highest BCUT2D eigenvalue weighted by Gasteiger charge is 2.21. The van der Waals surface area contributed by atoms with Gasteiger partial charge in [0, 0.05) is 6.04 Å². The van der Waals surface area contributed by atoms with Crippen molar-refractivity contribution in [1.29, 1.82) is 0 Å². The van der Waals surface area contributed by atoms with Gasteiger partial charge in [0.15, 0.2) is 0 Å². The quantitative estimate of drug-likeness (QED) is 0.601. The first-order valence-corrected chi connectivity index (χ1v) is 5.66. The lowest BCUT2D eigenvalue weighted by Crippen LogP contribution is -2.48. The maximum atomic E-state index is 11.6. The second kappa shape index (κ2) is 7.22. The van der Waals surface area contributed by atoms with Crippen molar-refractivity contribution < 1.29 is 14.7 Å². The van der Waals surface area contributed by atoms with Gasteiger partial charge in [0.25, 0.3) is 0 Å². The number of carbonyl (C=O) groups excluding carboxylic acids is 1. The molecular formula is C11H22N2O3. The molecule has 16 heavy (non-hydrogen) atoms. The third kappa shape index (κ3) is 5.70. The Balaban J connectivity index is 4.27. The number of hydrogen-bond acceptors (Lipinski definition) is 3. The Kier molecular flexibility index (Phi) is 6.72. The van der Waals surface area contributed by atoms with Crippen molar-refractivity contribution >= 4 is 11.9 Å². The van der Waals surface area contributed by atoms with E-state index in [1.807, 2.05) is 20.8 Å². The number of nitrogens with one attached hydrogen (secondary N) is 1. The van der Waals surface area contributed by atoms with Gasteiger partial charge >= 0.3 is 5.97 Å². The van der Waals surface area contributed by atoms with Crippen LogP contribution in [-0.4, -0.2) is 29.1 Å². The Morgan fingerprint density at radius 1 is 1.38 bits per heavy atom. The Morgan fingerprint density at radius 2 is 1.94 bits per heavy atom. The summed E-state index contributed by atoms with van der Waals surface area (Å²) in [6.07, 6.45) is 1.43. The Hall–Kier alpha value is -1.10. The number of rotatable bonds is 7. The Labute approximate surface area is 96.4 Å². The van der Waals surface area contributed by atoms with Crippen LogP contribution in [0.2, 0.25) is 0 Å². The van der Waals surface area contributed by atoms with Crippen LogP contribution >= 0.6 is 0 Å². The molecule has 0 aliphatic rings. The molecule has 0 rings (SSSR count). The Bertz CT molecular complexity index is 241. The van der Waals surface area contributed by atoms with Crippen LogP contribution in [0.3, 0.4) is 0 Å². The van der Waals surface area contributed by atoms with Crippen molar-refractivity contribution in [3.05, 3.63) is 0 Å². The van der Waals surface area contributed by atoms with E-state index < -0.39 is 12.0 Å². The third-order valence-electron chi connectivity index (χ3n) is 2.43. The molecule has 1 amide bonds. The van der Waals surface area contributed by atoms with E-state index in [1.165, 1.54) is 0 Å². The summed E-state index contributed by atoms with van der Waals surface area (Å²) in [6, 6.07) is -0.895. The summed E-state index contributed by atoms with van der Waals surface area (Å²) in [4.78, 5) is 22.2. The fourth-order valence-corrected chi connectivity index (χ4v) is 1.38. The normalized spacial score (nSPS) is 14.6. The molecule has 5 nitrogen and oxygen atoms in total. The molecule has 5 heteroatoms. The monoisotopic (exact) mass is 230 g/mol. The molecule has 0 aromatic heterocycles. The minimum Gasteiger partial charge on any atom is -0.481 e. The van der Waals surface area contributed by atoms with Gasteiger partial charge in [-0.1, -0.05) is 27.2 Å². The zero-order chi connectivity index (χ0) is 12.7. The van der Waals surface area contributed by atoms with Crippen molar-refractivity contribution in [1.82, 2.24) is 5.32 Å². The topological polar surface area (TPSA) is 92.4 Å². The van der Waals surface area contributed by atoms with E-state index in [2.05, 4.69) is 5.32 Å². The van der Waals surface area contributed by atoms with Crippen molar-refractivity contribution in [3.63, 3.8) is 0 Å². The van der Waals surface area contributed by atoms with Crippen LogP contribution < -0.4 is 11.1 Å². The minimum absolute atomic E-state index is 0.0482. The predicted octanol–water partition coefficient (Wildman–Crippen LogP) is 0.729. The van der Waals surface area contributed by atoms with E-state index in [4.69, 9.17) is 10.8 Å². The van der Waals surface area contributed by atoms with Gasteiger partial charge in [0.1, 0.15) is 0 Å². The van der Waals surface area contributed by atoms with Crippen LogP contribution in [0.1, 0.15) is 40.0 Å². The first-order chi connectivity index (χ1) is 7.38. The smallest absolute Gasteiger partial charge is 0.305 e. The molecule has 0 aromatic rings. The fraction of sp³-hybridized carbons (Fsp3) is 0.818. The molecule has 2 atom stereocenters. The average Bonchev–Trinajstić information content (AvgIpc) is 2.15. The van der Waals surface area contributed by atoms with Gasteiger partial charge in [-0.2, -0.15) is 0 Å². The van der Waals surface area contributed by atoms with Crippen LogP contribution in [0.4, 0.5) is 0 Å². The van der Waals surface area contributed by atoms with Gasteiger partial charge in [-0.05, 0) is 12.3 Å². The lowest BCUT2D eigenvalue weighted by Gasteiger charge is -2.21. The molecule has 0 fully saturated rings. The number of carboxylic acid groups (broad SMARTS) is 1. The highest BCUT2D eigenvalue weighted by molar-refractivity contribution is 5.82. The summed E-state index contributed by atoms with van der Waals surface area (Å²) in [5, 5.41) is 11.4. The fourth-order valence-electron chi connectivity index (χ4n) is 1.38. The first-order valence-electron chi connectivity index (χ1n) is 5.66. The van der Waals surface area contributed by atoms with E-state index in [-0.39, 0.29) is 24.3 Å². The van der Waals surface area contributed by atoms with Crippen LogP contribution in [0.15, 0.2) is 0 Å². The summed E-state index contributed by atoms with van der Waals surface area (Å²) >= 11 is 0. The van der Waals surface area contributed by atoms with E-state index in [1.54, 1.807) is 0 Å². The van der Waals surface area contributed by atoms with Crippen LogP contribution in [0, 0.1) is 5.92 Å². The van der Waals surface area contributed by atoms with Gasteiger partial charge in [0.2, 0.25) is 5.91 Å². The van der Waals surface area contributed by atoms with Crippen LogP contribution in [0.25, 0.3) is 0 Å². The molecule has 0 saturated carbocycles. The van der Waals surface area contributed by atoms with E-state index >= 15 is 0 Å². The summed E-state index contributed by atoms with van der Waals surface area (Å²) in [5.41, 5.74) is 5.68.